The minimum absolute atomic E-state index is 0.0110. The average molecular weight is 195 g/mol. The van der Waals surface area contributed by atoms with Gasteiger partial charge in [0.05, 0.1) is 0 Å². The van der Waals surface area contributed by atoms with E-state index in [-0.39, 0.29) is 17.2 Å². The van der Waals surface area contributed by atoms with Crippen LogP contribution in [0, 0.1) is 10.8 Å². The first-order valence-electron chi connectivity index (χ1n) is 5.24. The Kier molecular flexibility index (Phi) is 1.95. The molecule has 0 radical (unpaired) electrons. The highest BCUT2D eigenvalue weighted by atomic mass is 16.2. The summed E-state index contributed by atoms with van der Waals surface area (Å²) in [5.74, 6) is -0.169. The van der Waals surface area contributed by atoms with E-state index >= 15 is 0 Å². The van der Waals surface area contributed by atoms with Crippen LogP contribution < -0.4 is 5.32 Å². The molecule has 2 aliphatic rings. The first-order valence-corrected chi connectivity index (χ1v) is 5.24. The van der Waals surface area contributed by atoms with Gasteiger partial charge < -0.3 is 0 Å². The molecule has 0 aromatic rings. The van der Waals surface area contributed by atoms with Crippen molar-refractivity contribution < 1.29 is 9.59 Å². The molecular weight excluding hydrogens is 178 g/mol. The van der Waals surface area contributed by atoms with Gasteiger partial charge in [-0.2, -0.15) is 0 Å². The number of carbonyl (C=O) groups is 2. The summed E-state index contributed by atoms with van der Waals surface area (Å²) < 4.78 is 0. The van der Waals surface area contributed by atoms with Gasteiger partial charge in [0.1, 0.15) is 0 Å². The normalized spacial score (nSPS) is 29.3. The molecule has 2 amide bonds. The highest BCUT2D eigenvalue weighted by Crippen LogP contribution is 2.53. The summed E-state index contributed by atoms with van der Waals surface area (Å²) in [7, 11) is 0. The minimum Gasteiger partial charge on any atom is -0.296 e. The highest BCUT2D eigenvalue weighted by molar-refractivity contribution is 5.98. The van der Waals surface area contributed by atoms with Crippen molar-refractivity contribution in [2.45, 2.75) is 46.0 Å². The van der Waals surface area contributed by atoms with Crippen LogP contribution in [0.4, 0.5) is 0 Å². The van der Waals surface area contributed by atoms with E-state index in [2.05, 4.69) is 19.2 Å². The van der Waals surface area contributed by atoms with E-state index in [9.17, 15) is 9.59 Å². The molecule has 1 saturated carbocycles. The number of hydrogen-bond donors (Lipinski definition) is 1. The molecule has 0 aromatic heterocycles. The molecule has 1 N–H and O–H groups in total. The predicted octanol–water partition coefficient (Wildman–Crippen LogP) is 1.62. The van der Waals surface area contributed by atoms with Crippen molar-refractivity contribution in [1.29, 1.82) is 0 Å². The first kappa shape index (κ1) is 9.69. The molecule has 3 nitrogen and oxygen atoms in total. The van der Waals surface area contributed by atoms with E-state index in [0.29, 0.717) is 18.3 Å². The summed E-state index contributed by atoms with van der Waals surface area (Å²) >= 11 is 0. The molecule has 0 atom stereocenters. The molecule has 1 aliphatic heterocycles. The van der Waals surface area contributed by atoms with Gasteiger partial charge in [0.2, 0.25) is 11.8 Å². The predicted molar refractivity (Wildman–Crippen MR) is 52.4 cm³/mol. The maximum Gasteiger partial charge on any atom is 0.227 e. The van der Waals surface area contributed by atoms with E-state index < -0.39 is 0 Å². The van der Waals surface area contributed by atoms with Crippen molar-refractivity contribution in [3.8, 4) is 0 Å². The molecular formula is C11H17NO2. The monoisotopic (exact) mass is 195 g/mol. The summed E-state index contributed by atoms with van der Waals surface area (Å²) in [5, 5.41) is 2.38. The van der Waals surface area contributed by atoms with Crippen LogP contribution in [0.5, 0.6) is 0 Å². The largest absolute Gasteiger partial charge is 0.296 e. The molecule has 2 fully saturated rings. The van der Waals surface area contributed by atoms with Crippen molar-refractivity contribution in [3.05, 3.63) is 0 Å². The Balaban J connectivity index is 2.17. The van der Waals surface area contributed by atoms with Gasteiger partial charge in [-0.05, 0) is 30.1 Å². The summed E-state index contributed by atoms with van der Waals surface area (Å²) in [6, 6.07) is 0. The molecule has 0 unspecified atom stereocenters. The number of carbonyl (C=O) groups excluding carboxylic acids is 2. The number of imide groups is 1. The van der Waals surface area contributed by atoms with Gasteiger partial charge in [-0.3, -0.25) is 14.9 Å². The fourth-order valence-corrected chi connectivity index (χ4v) is 3.08. The van der Waals surface area contributed by atoms with Crippen LogP contribution in [-0.4, -0.2) is 11.8 Å². The second-order valence-electron chi connectivity index (χ2n) is 5.67. The minimum atomic E-state index is -0.0843. The van der Waals surface area contributed by atoms with Crippen molar-refractivity contribution in [3.63, 3.8) is 0 Å². The Morgan fingerprint density at radius 1 is 1.07 bits per heavy atom. The third-order valence-electron chi connectivity index (χ3n) is 3.54. The summed E-state index contributed by atoms with van der Waals surface area (Å²) in [6.07, 6.45) is 4.26. The van der Waals surface area contributed by atoms with Crippen LogP contribution in [0.2, 0.25) is 0 Å². The maximum atomic E-state index is 11.3. The molecule has 3 heteroatoms. The van der Waals surface area contributed by atoms with Crippen LogP contribution >= 0.6 is 0 Å². The molecule has 0 bridgehead atoms. The highest BCUT2D eigenvalue weighted by Gasteiger charge is 2.47. The number of rotatable bonds is 0. The zero-order valence-corrected chi connectivity index (χ0v) is 8.85. The van der Waals surface area contributed by atoms with Crippen LogP contribution in [0.3, 0.4) is 0 Å². The van der Waals surface area contributed by atoms with Crippen molar-refractivity contribution in [2.75, 3.05) is 0 Å². The third kappa shape index (κ3) is 1.68. The first-order chi connectivity index (χ1) is 6.41. The Bertz CT molecular complexity index is 278. The van der Waals surface area contributed by atoms with Crippen molar-refractivity contribution in [2.24, 2.45) is 10.8 Å². The quantitative estimate of drug-likeness (QED) is 0.597. The topological polar surface area (TPSA) is 46.2 Å². The molecule has 1 aliphatic carbocycles. The fraction of sp³-hybridized carbons (Fsp3) is 0.818. The summed E-state index contributed by atoms with van der Waals surface area (Å²) in [4.78, 5) is 22.6. The molecule has 78 valence electrons. The Hall–Kier alpha value is -0.860. The Morgan fingerprint density at radius 2 is 1.64 bits per heavy atom. The lowest BCUT2D eigenvalue weighted by atomic mass is 9.74. The molecule has 1 heterocycles. The number of nitrogens with one attached hydrogen (secondary N) is 1. The van der Waals surface area contributed by atoms with Gasteiger partial charge in [-0.25, -0.2) is 0 Å². The van der Waals surface area contributed by atoms with E-state index in [1.165, 1.54) is 0 Å². The SMILES string of the molecule is CC1(C)CCC2(CC(=O)NC(=O)C2)C1. The second-order valence-corrected chi connectivity index (χ2v) is 5.67. The molecule has 1 saturated heterocycles. The van der Waals surface area contributed by atoms with Gasteiger partial charge in [-0.15, -0.1) is 0 Å². The Morgan fingerprint density at radius 3 is 2.07 bits per heavy atom. The lowest BCUT2D eigenvalue weighted by Gasteiger charge is -2.33. The third-order valence-corrected chi connectivity index (χ3v) is 3.54. The Labute approximate surface area is 84.2 Å². The lowest BCUT2D eigenvalue weighted by Crippen LogP contribution is -2.43. The standard InChI is InChI=1S/C11H17NO2/c1-10(2)3-4-11(7-10)5-8(13)12-9(14)6-11/h3-7H2,1-2H3,(H,12,13,14). The van der Waals surface area contributed by atoms with Crippen LogP contribution in [0.25, 0.3) is 0 Å². The number of amides is 2. The van der Waals surface area contributed by atoms with E-state index in [0.717, 1.165) is 19.3 Å². The van der Waals surface area contributed by atoms with E-state index in [1.807, 2.05) is 0 Å². The number of hydrogen-bond acceptors (Lipinski definition) is 2. The number of piperidine rings is 1. The van der Waals surface area contributed by atoms with Crippen molar-refractivity contribution in [1.82, 2.24) is 5.32 Å². The van der Waals surface area contributed by atoms with Crippen molar-refractivity contribution >= 4 is 11.8 Å². The zero-order valence-electron chi connectivity index (χ0n) is 8.85. The van der Waals surface area contributed by atoms with Crippen LogP contribution in [0.1, 0.15) is 46.0 Å². The lowest BCUT2D eigenvalue weighted by molar-refractivity contribution is -0.138. The molecule has 0 aromatic carbocycles. The van der Waals surface area contributed by atoms with Crippen LogP contribution in [-0.2, 0) is 9.59 Å². The average Bonchev–Trinajstić information content (AvgIpc) is 2.23. The van der Waals surface area contributed by atoms with E-state index in [1.54, 1.807) is 0 Å². The second kappa shape index (κ2) is 2.81. The molecule has 1 spiro atoms. The molecule has 14 heavy (non-hydrogen) atoms. The van der Waals surface area contributed by atoms with Gasteiger partial charge in [0.25, 0.3) is 0 Å². The molecule has 2 rings (SSSR count). The summed E-state index contributed by atoms with van der Waals surface area (Å²) in [6.45, 7) is 4.44. The fourth-order valence-electron chi connectivity index (χ4n) is 3.08. The summed E-state index contributed by atoms with van der Waals surface area (Å²) in [5.41, 5.74) is 0.292. The van der Waals surface area contributed by atoms with Gasteiger partial charge in [-0.1, -0.05) is 13.8 Å². The van der Waals surface area contributed by atoms with Gasteiger partial charge in [0.15, 0.2) is 0 Å². The van der Waals surface area contributed by atoms with Gasteiger partial charge >= 0.3 is 0 Å². The van der Waals surface area contributed by atoms with Gasteiger partial charge in [0, 0.05) is 12.8 Å². The zero-order chi connectivity index (χ0) is 10.4. The van der Waals surface area contributed by atoms with E-state index in [4.69, 9.17) is 0 Å². The smallest absolute Gasteiger partial charge is 0.227 e. The van der Waals surface area contributed by atoms with Crippen LogP contribution in [0.15, 0.2) is 0 Å². The maximum absolute atomic E-state index is 11.3.